The van der Waals surface area contributed by atoms with E-state index in [0.717, 1.165) is 24.2 Å². The van der Waals surface area contributed by atoms with Crippen LogP contribution in [-0.2, 0) is 0 Å². The SMILES string of the molecule is CCNC(CC)c1cccc(-c2nccnc2OC)c1. The summed E-state index contributed by atoms with van der Waals surface area (Å²) in [5, 5.41) is 3.49. The van der Waals surface area contributed by atoms with Crippen LogP contribution < -0.4 is 10.1 Å². The Hall–Kier alpha value is -1.94. The summed E-state index contributed by atoms with van der Waals surface area (Å²) in [5.74, 6) is 0.557. The highest BCUT2D eigenvalue weighted by atomic mass is 16.5. The van der Waals surface area contributed by atoms with E-state index in [1.807, 2.05) is 6.07 Å². The first kappa shape index (κ1) is 14.5. The summed E-state index contributed by atoms with van der Waals surface area (Å²) in [5.41, 5.74) is 3.08. The molecule has 0 radical (unpaired) electrons. The van der Waals surface area contributed by atoms with E-state index in [2.05, 4.69) is 47.3 Å². The molecule has 0 amide bonds. The summed E-state index contributed by atoms with van der Waals surface area (Å²) < 4.78 is 5.28. The van der Waals surface area contributed by atoms with E-state index < -0.39 is 0 Å². The molecule has 1 heterocycles. The molecular formula is C16H21N3O. The minimum absolute atomic E-state index is 0.364. The van der Waals surface area contributed by atoms with Crippen LogP contribution in [0.1, 0.15) is 31.9 Å². The van der Waals surface area contributed by atoms with Crippen molar-refractivity contribution in [2.24, 2.45) is 0 Å². The quantitative estimate of drug-likeness (QED) is 0.876. The number of nitrogens with zero attached hydrogens (tertiary/aromatic N) is 2. The highest BCUT2D eigenvalue weighted by molar-refractivity contribution is 5.64. The average molecular weight is 271 g/mol. The van der Waals surface area contributed by atoms with Gasteiger partial charge in [0.25, 0.3) is 0 Å². The molecular weight excluding hydrogens is 250 g/mol. The third-order valence-corrected chi connectivity index (χ3v) is 3.28. The van der Waals surface area contributed by atoms with Crippen molar-refractivity contribution in [3.05, 3.63) is 42.2 Å². The number of methoxy groups -OCH3 is 1. The Kier molecular flexibility index (Phi) is 5.07. The largest absolute Gasteiger partial charge is 0.479 e. The molecule has 1 aromatic carbocycles. The van der Waals surface area contributed by atoms with Crippen LogP contribution in [0, 0.1) is 0 Å². The zero-order chi connectivity index (χ0) is 14.4. The molecule has 0 saturated carbocycles. The van der Waals surface area contributed by atoms with Crippen LogP contribution in [0.15, 0.2) is 36.7 Å². The van der Waals surface area contributed by atoms with Crippen LogP contribution in [0.5, 0.6) is 5.88 Å². The maximum atomic E-state index is 5.28. The number of hydrogen-bond acceptors (Lipinski definition) is 4. The Bertz CT molecular complexity index is 557. The van der Waals surface area contributed by atoms with Gasteiger partial charge in [0.05, 0.1) is 7.11 Å². The van der Waals surface area contributed by atoms with Gasteiger partial charge in [-0.05, 0) is 24.6 Å². The van der Waals surface area contributed by atoms with Crippen molar-refractivity contribution < 1.29 is 4.74 Å². The van der Waals surface area contributed by atoms with Crippen LogP contribution in [0.4, 0.5) is 0 Å². The van der Waals surface area contributed by atoms with Gasteiger partial charge in [-0.25, -0.2) is 9.97 Å². The van der Waals surface area contributed by atoms with Crippen LogP contribution in [0.25, 0.3) is 11.3 Å². The zero-order valence-electron chi connectivity index (χ0n) is 12.3. The summed E-state index contributed by atoms with van der Waals surface area (Å²) in [6.07, 6.45) is 4.38. The summed E-state index contributed by atoms with van der Waals surface area (Å²) in [6.45, 7) is 5.26. The van der Waals surface area contributed by atoms with E-state index in [-0.39, 0.29) is 0 Å². The highest BCUT2D eigenvalue weighted by Crippen LogP contribution is 2.28. The lowest BCUT2D eigenvalue weighted by Crippen LogP contribution is -2.19. The Morgan fingerprint density at radius 2 is 2.00 bits per heavy atom. The lowest BCUT2D eigenvalue weighted by atomic mass is 10.0. The second-order valence-corrected chi connectivity index (χ2v) is 4.56. The average Bonchev–Trinajstić information content (AvgIpc) is 2.52. The normalized spacial score (nSPS) is 12.2. The molecule has 20 heavy (non-hydrogen) atoms. The summed E-state index contributed by atoms with van der Waals surface area (Å²) >= 11 is 0. The smallest absolute Gasteiger partial charge is 0.240 e. The zero-order valence-corrected chi connectivity index (χ0v) is 12.3. The van der Waals surface area contributed by atoms with Gasteiger partial charge >= 0.3 is 0 Å². The minimum atomic E-state index is 0.364. The molecule has 4 nitrogen and oxygen atoms in total. The molecule has 0 aliphatic carbocycles. The van der Waals surface area contributed by atoms with E-state index in [1.165, 1.54) is 5.56 Å². The number of rotatable bonds is 6. The molecule has 0 bridgehead atoms. The topological polar surface area (TPSA) is 47.0 Å². The van der Waals surface area contributed by atoms with Crippen LogP contribution in [0.2, 0.25) is 0 Å². The Morgan fingerprint density at radius 3 is 2.70 bits per heavy atom. The first-order valence-corrected chi connectivity index (χ1v) is 6.98. The molecule has 0 saturated heterocycles. The van der Waals surface area contributed by atoms with Gasteiger partial charge < -0.3 is 10.1 Å². The predicted molar refractivity (Wildman–Crippen MR) is 80.7 cm³/mol. The van der Waals surface area contributed by atoms with Gasteiger partial charge in [0.1, 0.15) is 5.69 Å². The van der Waals surface area contributed by atoms with Crippen molar-refractivity contribution in [1.29, 1.82) is 0 Å². The van der Waals surface area contributed by atoms with Gasteiger partial charge in [-0.1, -0.05) is 32.0 Å². The van der Waals surface area contributed by atoms with Crippen molar-refractivity contribution in [1.82, 2.24) is 15.3 Å². The maximum absolute atomic E-state index is 5.28. The standard InChI is InChI=1S/C16H21N3O/c1-4-14(17-5-2)12-7-6-8-13(11-12)15-16(20-3)19-10-9-18-15/h6-11,14,17H,4-5H2,1-3H3. The van der Waals surface area contributed by atoms with Crippen molar-refractivity contribution in [3.63, 3.8) is 0 Å². The highest BCUT2D eigenvalue weighted by Gasteiger charge is 2.12. The summed E-state index contributed by atoms with van der Waals surface area (Å²) in [6, 6.07) is 8.75. The fraction of sp³-hybridized carbons (Fsp3) is 0.375. The van der Waals surface area contributed by atoms with E-state index in [0.29, 0.717) is 11.9 Å². The number of hydrogen-bond donors (Lipinski definition) is 1. The van der Waals surface area contributed by atoms with E-state index >= 15 is 0 Å². The van der Waals surface area contributed by atoms with Crippen LogP contribution >= 0.6 is 0 Å². The first-order chi connectivity index (χ1) is 9.80. The fourth-order valence-electron chi connectivity index (χ4n) is 2.32. The molecule has 0 aliphatic rings. The summed E-state index contributed by atoms with van der Waals surface area (Å²) in [7, 11) is 1.62. The molecule has 0 aliphatic heterocycles. The third kappa shape index (κ3) is 3.14. The third-order valence-electron chi connectivity index (χ3n) is 3.28. The number of aromatic nitrogens is 2. The minimum Gasteiger partial charge on any atom is -0.479 e. The van der Waals surface area contributed by atoms with Crippen molar-refractivity contribution in [3.8, 4) is 17.1 Å². The van der Waals surface area contributed by atoms with E-state index in [4.69, 9.17) is 4.74 Å². The number of nitrogens with one attached hydrogen (secondary N) is 1. The van der Waals surface area contributed by atoms with E-state index in [9.17, 15) is 0 Å². The lowest BCUT2D eigenvalue weighted by molar-refractivity contribution is 0.398. The molecule has 2 aromatic rings. The van der Waals surface area contributed by atoms with E-state index in [1.54, 1.807) is 19.5 Å². The molecule has 1 aromatic heterocycles. The number of ether oxygens (including phenoxy) is 1. The lowest BCUT2D eigenvalue weighted by Gasteiger charge is -2.17. The second-order valence-electron chi connectivity index (χ2n) is 4.56. The van der Waals surface area contributed by atoms with Crippen molar-refractivity contribution >= 4 is 0 Å². The Balaban J connectivity index is 2.38. The van der Waals surface area contributed by atoms with Gasteiger partial charge in [0.2, 0.25) is 5.88 Å². The molecule has 2 rings (SSSR count). The van der Waals surface area contributed by atoms with Crippen LogP contribution in [-0.4, -0.2) is 23.6 Å². The number of benzene rings is 1. The Morgan fingerprint density at radius 1 is 1.20 bits per heavy atom. The molecule has 1 unspecified atom stereocenters. The first-order valence-electron chi connectivity index (χ1n) is 6.98. The van der Waals surface area contributed by atoms with Gasteiger partial charge in [0.15, 0.2) is 0 Å². The fourth-order valence-corrected chi connectivity index (χ4v) is 2.32. The summed E-state index contributed by atoms with van der Waals surface area (Å²) in [4.78, 5) is 8.59. The molecule has 4 heteroatoms. The molecule has 0 spiro atoms. The second kappa shape index (κ2) is 7.01. The molecule has 1 atom stereocenters. The van der Waals surface area contributed by atoms with Crippen LogP contribution in [0.3, 0.4) is 0 Å². The Labute approximate surface area is 120 Å². The van der Waals surface area contributed by atoms with Crippen molar-refractivity contribution in [2.75, 3.05) is 13.7 Å². The van der Waals surface area contributed by atoms with Gasteiger partial charge in [-0.2, -0.15) is 0 Å². The van der Waals surface area contributed by atoms with Crippen molar-refractivity contribution in [2.45, 2.75) is 26.3 Å². The van der Waals surface area contributed by atoms with Gasteiger partial charge in [0, 0.05) is 24.0 Å². The van der Waals surface area contributed by atoms with Gasteiger partial charge in [-0.3, -0.25) is 0 Å². The predicted octanol–water partition coefficient (Wildman–Crippen LogP) is 3.21. The maximum Gasteiger partial charge on any atom is 0.240 e. The molecule has 0 fully saturated rings. The molecule has 106 valence electrons. The van der Waals surface area contributed by atoms with Gasteiger partial charge in [-0.15, -0.1) is 0 Å². The monoisotopic (exact) mass is 271 g/mol. The molecule has 1 N–H and O–H groups in total.